The summed E-state index contributed by atoms with van der Waals surface area (Å²) in [6.45, 7) is 0. The lowest BCUT2D eigenvalue weighted by molar-refractivity contribution is -0.142. The average molecular weight is 301 g/mol. The van der Waals surface area contributed by atoms with Crippen LogP contribution in [0.25, 0.3) is 0 Å². The molecule has 2 unspecified atom stereocenters. The molecular formula is C17H19NO2S. The van der Waals surface area contributed by atoms with Gasteiger partial charge in [-0.3, -0.25) is 4.79 Å². The maximum absolute atomic E-state index is 11.5. The minimum Gasteiger partial charge on any atom is -0.481 e. The van der Waals surface area contributed by atoms with E-state index in [-0.39, 0.29) is 6.04 Å². The van der Waals surface area contributed by atoms with Crippen LogP contribution >= 0.6 is 11.8 Å². The number of carboxylic acids is 1. The number of nitrogens with two attached hydrogens (primary N) is 1. The Bertz CT molecular complexity index is 560. The van der Waals surface area contributed by atoms with E-state index in [9.17, 15) is 9.90 Å². The fourth-order valence-electron chi connectivity index (χ4n) is 2.12. The highest BCUT2D eigenvalue weighted by Gasteiger charge is 2.25. The van der Waals surface area contributed by atoms with Crippen molar-refractivity contribution in [1.29, 1.82) is 0 Å². The second-order valence-electron chi connectivity index (χ2n) is 4.92. The van der Waals surface area contributed by atoms with Gasteiger partial charge < -0.3 is 10.8 Å². The summed E-state index contributed by atoms with van der Waals surface area (Å²) in [6.07, 6.45) is 0.465. The smallest absolute Gasteiger partial charge is 0.308 e. The second kappa shape index (κ2) is 7.86. The molecule has 0 aliphatic rings. The van der Waals surface area contributed by atoms with E-state index < -0.39 is 11.9 Å². The fraction of sp³-hybridized carbons (Fsp3) is 0.235. The number of rotatable bonds is 7. The maximum atomic E-state index is 11.5. The molecule has 2 aromatic carbocycles. The van der Waals surface area contributed by atoms with E-state index in [1.165, 1.54) is 0 Å². The zero-order valence-corrected chi connectivity index (χ0v) is 12.5. The Morgan fingerprint density at radius 1 is 1.05 bits per heavy atom. The van der Waals surface area contributed by atoms with Gasteiger partial charge in [-0.15, -0.1) is 11.8 Å². The third-order valence-corrected chi connectivity index (χ3v) is 4.48. The standard InChI is InChI=1S/C17H19NO2S/c18-16(12-21-14-9-5-2-6-10-14)15(17(19)20)11-13-7-3-1-4-8-13/h1-10,15-16H,11-12,18H2,(H,19,20). The topological polar surface area (TPSA) is 63.3 Å². The second-order valence-corrected chi connectivity index (χ2v) is 6.02. The van der Waals surface area contributed by atoms with Crippen LogP contribution in [0.3, 0.4) is 0 Å². The Labute approximate surface area is 129 Å². The van der Waals surface area contributed by atoms with Crippen LogP contribution in [-0.2, 0) is 11.2 Å². The lowest BCUT2D eigenvalue weighted by Gasteiger charge is -2.20. The molecule has 0 aliphatic carbocycles. The number of benzene rings is 2. The Hall–Kier alpha value is -1.78. The first kappa shape index (κ1) is 15.6. The molecule has 4 heteroatoms. The van der Waals surface area contributed by atoms with Crippen LogP contribution < -0.4 is 5.73 Å². The molecule has 0 saturated carbocycles. The molecule has 2 rings (SSSR count). The highest BCUT2D eigenvalue weighted by Crippen LogP contribution is 2.21. The number of thioether (sulfide) groups is 1. The minimum absolute atomic E-state index is 0.382. The predicted octanol–water partition coefficient (Wildman–Crippen LogP) is 3.05. The SMILES string of the molecule is NC(CSc1ccccc1)C(Cc1ccccc1)C(=O)O. The molecular weight excluding hydrogens is 282 g/mol. The third kappa shape index (κ3) is 4.92. The van der Waals surface area contributed by atoms with Gasteiger partial charge in [0.1, 0.15) is 0 Å². The largest absolute Gasteiger partial charge is 0.481 e. The van der Waals surface area contributed by atoms with Gasteiger partial charge in [0.2, 0.25) is 0 Å². The van der Waals surface area contributed by atoms with Crippen LogP contribution in [0.5, 0.6) is 0 Å². The molecule has 3 N–H and O–H groups in total. The van der Waals surface area contributed by atoms with Crippen molar-refractivity contribution in [2.45, 2.75) is 17.4 Å². The highest BCUT2D eigenvalue weighted by molar-refractivity contribution is 7.99. The summed E-state index contributed by atoms with van der Waals surface area (Å²) in [5, 5.41) is 9.41. The van der Waals surface area contributed by atoms with Crippen LogP contribution in [0, 0.1) is 5.92 Å². The average Bonchev–Trinajstić information content (AvgIpc) is 2.52. The number of hydrogen-bond donors (Lipinski definition) is 2. The molecule has 21 heavy (non-hydrogen) atoms. The molecule has 0 aliphatic heterocycles. The van der Waals surface area contributed by atoms with E-state index in [4.69, 9.17) is 5.73 Å². The molecule has 110 valence electrons. The van der Waals surface area contributed by atoms with Gasteiger partial charge in [0, 0.05) is 16.7 Å². The summed E-state index contributed by atoms with van der Waals surface area (Å²) in [5.74, 6) is -0.808. The third-order valence-electron chi connectivity index (χ3n) is 3.32. The molecule has 3 nitrogen and oxygen atoms in total. The van der Waals surface area contributed by atoms with Crippen molar-refractivity contribution >= 4 is 17.7 Å². The van der Waals surface area contributed by atoms with Crippen molar-refractivity contribution < 1.29 is 9.90 Å². The van der Waals surface area contributed by atoms with Crippen LogP contribution in [0.4, 0.5) is 0 Å². The fourth-order valence-corrected chi connectivity index (χ4v) is 3.08. The van der Waals surface area contributed by atoms with Gasteiger partial charge in [0.15, 0.2) is 0 Å². The van der Waals surface area contributed by atoms with Crippen molar-refractivity contribution in [1.82, 2.24) is 0 Å². The van der Waals surface area contributed by atoms with Gasteiger partial charge in [-0.1, -0.05) is 48.5 Å². The first-order valence-corrected chi connectivity index (χ1v) is 7.85. The van der Waals surface area contributed by atoms with E-state index in [1.54, 1.807) is 11.8 Å². The Balaban J connectivity index is 1.96. The molecule has 0 amide bonds. The zero-order chi connectivity index (χ0) is 15.1. The van der Waals surface area contributed by atoms with Gasteiger partial charge >= 0.3 is 5.97 Å². The monoisotopic (exact) mass is 301 g/mol. The van der Waals surface area contributed by atoms with E-state index >= 15 is 0 Å². The molecule has 0 saturated heterocycles. The molecule has 0 aromatic heterocycles. The first-order valence-electron chi connectivity index (χ1n) is 6.87. The van der Waals surface area contributed by atoms with Gasteiger partial charge in [-0.2, -0.15) is 0 Å². The summed E-state index contributed by atoms with van der Waals surface area (Å²) in [7, 11) is 0. The molecule has 0 bridgehead atoms. The lowest BCUT2D eigenvalue weighted by Crippen LogP contribution is -2.38. The number of carboxylic acid groups (broad SMARTS) is 1. The predicted molar refractivity (Wildman–Crippen MR) is 86.4 cm³/mol. The van der Waals surface area contributed by atoms with Gasteiger partial charge in [-0.05, 0) is 24.1 Å². The first-order chi connectivity index (χ1) is 10.2. The lowest BCUT2D eigenvalue weighted by atomic mass is 9.94. The van der Waals surface area contributed by atoms with Crippen molar-refractivity contribution in [3.8, 4) is 0 Å². The van der Waals surface area contributed by atoms with Gasteiger partial charge in [-0.25, -0.2) is 0 Å². The van der Waals surface area contributed by atoms with Crippen molar-refractivity contribution in [2.75, 3.05) is 5.75 Å². The van der Waals surface area contributed by atoms with E-state index in [0.717, 1.165) is 10.5 Å². The molecule has 0 radical (unpaired) electrons. The maximum Gasteiger partial charge on any atom is 0.308 e. The van der Waals surface area contributed by atoms with Crippen molar-refractivity contribution in [2.24, 2.45) is 11.7 Å². The summed E-state index contributed by atoms with van der Waals surface area (Å²) >= 11 is 1.60. The molecule has 0 spiro atoms. The van der Waals surface area contributed by atoms with Gasteiger partial charge in [0.05, 0.1) is 5.92 Å². The molecule has 2 atom stereocenters. The van der Waals surface area contributed by atoms with Crippen LogP contribution in [0.15, 0.2) is 65.6 Å². The zero-order valence-electron chi connectivity index (χ0n) is 11.7. The Kier molecular flexibility index (Phi) is 5.84. The number of hydrogen-bond acceptors (Lipinski definition) is 3. The minimum atomic E-state index is -0.833. The molecule has 0 heterocycles. The Morgan fingerprint density at radius 2 is 1.62 bits per heavy atom. The van der Waals surface area contributed by atoms with E-state index in [2.05, 4.69) is 0 Å². The summed E-state index contributed by atoms with van der Waals surface area (Å²) in [5.41, 5.74) is 7.12. The quantitative estimate of drug-likeness (QED) is 0.772. The van der Waals surface area contributed by atoms with Crippen LogP contribution in [0.2, 0.25) is 0 Å². The highest BCUT2D eigenvalue weighted by atomic mass is 32.2. The number of aliphatic carboxylic acids is 1. The normalized spacial score (nSPS) is 13.6. The summed E-state index contributed by atoms with van der Waals surface area (Å²) in [6, 6.07) is 19.1. The Morgan fingerprint density at radius 3 is 2.19 bits per heavy atom. The van der Waals surface area contributed by atoms with Crippen LogP contribution in [0.1, 0.15) is 5.56 Å². The molecule has 0 fully saturated rings. The summed E-state index contributed by atoms with van der Waals surface area (Å²) in [4.78, 5) is 12.6. The van der Waals surface area contributed by atoms with E-state index in [0.29, 0.717) is 12.2 Å². The van der Waals surface area contributed by atoms with Crippen molar-refractivity contribution in [3.63, 3.8) is 0 Å². The van der Waals surface area contributed by atoms with Crippen LogP contribution in [-0.4, -0.2) is 22.9 Å². The van der Waals surface area contributed by atoms with Gasteiger partial charge in [0.25, 0.3) is 0 Å². The van der Waals surface area contributed by atoms with E-state index in [1.807, 2.05) is 60.7 Å². The van der Waals surface area contributed by atoms with Crippen molar-refractivity contribution in [3.05, 3.63) is 66.2 Å². The summed E-state index contributed by atoms with van der Waals surface area (Å²) < 4.78 is 0. The number of carbonyl (C=O) groups is 1. The molecule has 2 aromatic rings.